The van der Waals surface area contributed by atoms with Crippen LogP contribution in [0.2, 0.25) is 0 Å². The number of aromatic hydroxyl groups is 1. The lowest BCUT2D eigenvalue weighted by Gasteiger charge is -2.42. The van der Waals surface area contributed by atoms with E-state index in [4.69, 9.17) is 9.47 Å². The molecule has 294 valence electrons. The number of phenolic OH excluding ortho intramolecular Hbond substituents is 1. The summed E-state index contributed by atoms with van der Waals surface area (Å²) < 4.78 is 42.6. The highest BCUT2D eigenvalue weighted by Crippen LogP contribution is 2.42. The van der Waals surface area contributed by atoms with E-state index < -0.39 is 34.4 Å². The molecule has 0 unspecified atom stereocenters. The molecule has 56 heavy (non-hydrogen) atoms. The summed E-state index contributed by atoms with van der Waals surface area (Å²) in [6.45, 7) is 4.63. The molecule has 1 saturated heterocycles. The standard InChI is InChI=1S/C44H49N3O8S/c1-29-12-22-38(23-13-29)56(52,53)46-39(24-31-8-5-4-6-9-31)43(51)45-36-20-18-34(19-21-36)44-54-41(27-47(3)26-40(50)35-10-7-11-37(49)25-35)30(2)42(55-44)33-16-14-32(28-48)15-17-33/h4-23,25,30,39-42,44,46,48-50H,24,26-28H2,1-3H3,(H,45,51)/t30-,39-,40-,41+,42+,44+/m1/s1. The van der Waals surface area contributed by atoms with Gasteiger partial charge in [-0.3, -0.25) is 4.79 Å². The number of phenols is 1. The van der Waals surface area contributed by atoms with Crippen LogP contribution in [-0.2, 0) is 37.3 Å². The molecule has 12 heteroatoms. The van der Waals surface area contributed by atoms with Crippen molar-refractivity contribution in [1.82, 2.24) is 9.62 Å². The molecule has 1 amide bonds. The Morgan fingerprint density at radius 2 is 1.52 bits per heavy atom. The van der Waals surface area contributed by atoms with Crippen LogP contribution in [0.3, 0.4) is 0 Å². The Balaban J connectivity index is 1.19. The molecule has 1 fully saturated rings. The van der Waals surface area contributed by atoms with Crippen LogP contribution in [0.4, 0.5) is 5.69 Å². The van der Waals surface area contributed by atoms with Gasteiger partial charge in [-0.2, -0.15) is 4.72 Å². The molecule has 1 aliphatic rings. The van der Waals surface area contributed by atoms with Crippen molar-refractivity contribution in [3.05, 3.63) is 161 Å². The zero-order valence-corrected chi connectivity index (χ0v) is 32.5. The summed E-state index contributed by atoms with van der Waals surface area (Å²) in [7, 11) is -2.11. The lowest BCUT2D eigenvalue weighted by molar-refractivity contribution is -0.276. The van der Waals surface area contributed by atoms with Crippen LogP contribution in [-0.4, -0.2) is 66.8 Å². The molecule has 0 radical (unpaired) electrons. The molecule has 6 atom stereocenters. The number of aliphatic hydroxyl groups is 2. The molecule has 5 aromatic carbocycles. The number of ether oxygens (including phenoxy) is 2. The highest BCUT2D eigenvalue weighted by molar-refractivity contribution is 7.89. The van der Waals surface area contributed by atoms with Gasteiger partial charge in [0.1, 0.15) is 11.8 Å². The van der Waals surface area contributed by atoms with Gasteiger partial charge < -0.3 is 35.0 Å². The van der Waals surface area contributed by atoms with E-state index in [1.807, 2.05) is 73.5 Å². The Labute approximate surface area is 328 Å². The maximum Gasteiger partial charge on any atom is 0.242 e. The Kier molecular flexibility index (Phi) is 13.3. The van der Waals surface area contributed by atoms with Crippen LogP contribution in [0.5, 0.6) is 5.75 Å². The molecule has 0 spiro atoms. The van der Waals surface area contributed by atoms with E-state index in [-0.39, 0.29) is 41.8 Å². The van der Waals surface area contributed by atoms with Gasteiger partial charge in [-0.1, -0.05) is 103 Å². The van der Waals surface area contributed by atoms with Crippen molar-refractivity contribution in [2.24, 2.45) is 5.92 Å². The van der Waals surface area contributed by atoms with E-state index in [9.17, 15) is 28.5 Å². The Morgan fingerprint density at radius 1 is 0.839 bits per heavy atom. The number of aliphatic hydroxyl groups excluding tert-OH is 2. The predicted octanol–water partition coefficient (Wildman–Crippen LogP) is 6.18. The summed E-state index contributed by atoms with van der Waals surface area (Å²) in [6.07, 6.45) is -2.15. The number of rotatable bonds is 15. The van der Waals surface area contributed by atoms with Crippen molar-refractivity contribution < 1.29 is 38.0 Å². The van der Waals surface area contributed by atoms with E-state index in [0.29, 0.717) is 29.9 Å². The van der Waals surface area contributed by atoms with E-state index in [2.05, 4.69) is 17.0 Å². The lowest BCUT2D eigenvalue weighted by atomic mass is 9.90. The first kappa shape index (κ1) is 40.7. The van der Waals surface area contributed by atoms with Crippen molar-refractivity contribution in [2.45, 2.75) is 62.4 Å². The number of benzene rings is 5. The van der Waals surface area contributed by atoms with Crippen LogP contribution in [0.1, 0.15) is 58.8 Å². The van der Waals surface area contributed by atoms with E-state index in [1.165, 1.54) is 12.1 Å². The minimum Gasteiger partial charge on any atom is -0.508 e. The fourth-order valence-electron chi connectivity index (χ4n) is 6.81. The number of sulfonamides is 1. The van der Waals surface area contributed by atoms with Crippen molar-refractivity contribution in [2.75, 3.05) is 25.5 Å². The fraction of sp³-hybridized carbons (Fsp3) is 0.295. The van der Waals surface area contributed by atoms with Gasteiger partial charge in [-0.25, -0.2) is 8.42 Å². The minimum absolute atomic E-state index is 0.0694. The Hall–Kier alpha value is -4.92. The van der Waals surface area contributed by atoms with Crippen molar-refractivity contribution in [3.63, 3.8) is 0 Å². The summed E-state index contributed by atoms with van der Waals surface area (Å²) in [4.78, 5) is 15.8. The molecular weight excluding hydrogens is 731 g/mol. The Bertz CT molecular complexity index is 2150. The van der Waals surface area contributed by atoms with Gasteiger partial charge in [0.05, 0.1) is 29.8 Å². The number of anilines is 1. The molecule has 1 heterocycles. The van der Waals surface area contributed by atoms with E-state index in [1.54, 1.807) is 60.7 Å². The number of hydrogen-bond acceptors (Lipinski definition) is 9. The molecule has 0 saturated carbocycles. The minimum atomic E-state index is -4.01. The van der Waals surface area contributed by atoms with E-state index in [0.717, 1.165) is 22.3 Å². The highest BCUT2D eigenvalue weighted by atomic mass is 32.2. The quantitative estimate of drug-likeness (QED) is 0.0838. The number of hydrogen-bond donors (Lipinski definition) is 5. The fourth-order valence-corrected chi connectivity index (χ4v) is 8.00. The first-order chi connectivity index (χ1) is 26.9. The second kappa shape index (κ2) is 18.4. The maximum absolute atomic E-state index is 13.7. The van der Waals surface area contributed by atoms with Gasteiger partial charge in [-0.05, 0) is 79.0 Å². The van der Waals surface area contributed by atoms with Gasteiger partial charge in [0.2, 0.25) is 15.9 Å². The third kappa shape index (κ3) is 10.5. The number of carbonyl (C=O) groups is 1. The van der Waals surface area contributed by atoms with Gasteiger partial charge in [0.25, 0.3) is 0 Å². The molecule has 0 bridgehead atoms. The average Bonchev–Trinajstić information content (AvgIpc) is 3.19. The van der Waals surface area contributed by atoms with Gasteiger partial charge >= 0.3 is 0 Å². The number of carbonyl (C=O) groups excluding carboxylic acids is 1. The summed E-state index contributed by atoms with van der Waals surface area (Å²) in [5, 5.41) is 33.3. The summed E-state index contributed by atoms with van der Waals surface area (Å²) in [6, 6.07) is 35.8. The first-order valence-corrected chi connectivity index (χ1v) is 20.1. The van der Waals surface area contributed by atoms with Crippen molar-refractivity contribution >= 4 is 21.6 Å². The lowest BCUT2D eigenvalue weighted by Crippen LogP contribution is -2.45. The van der Waals surface area contributed by atoms with Crippen LogP contribution in [0.15, 0.2) is 132 Å². The summed E-state index contributed by atoms with van der Waals surface area (Å²) in [5.41, 5.74) is 5.21. The van der Waals surface area contributed by atoms with Crippen LogP contribution < -0.4 is 10.0 Å². The maximum atomic E-state index is 13.7. The van der Waals surface area contributed by atoms with Gasteiger partial charge in [0.15, 0.2) is 6.29 Å². The van der Waals surface area contributed by atoms with Crippen LogP contribution in [0, 0.1) is 12.8 Å². The molecule has 5 aromatic rings. The second-order valence-electron chi connectivity index (χ2n) is 14.4. The largest absolute Gasteiger partial charge is 0.508 e. The van der Waals surface area contributed by atoms with Crippen LogP contribution >= 0.6 is 0 Å². The number of amides is 1. The number of aryl methyl sites for hydroxylation is 1. The molecular formula is C44H49N3O8S. The SMILES string of the molecule is Cc1ccc(S(=O)(=O)N[C@H](Cc2ccccc2)C(=O)Nc2ccc([C@H]3O[C@@H](CN(C)C[C@@H](O)c4cccc(O)c4)[C@@H](C)[C@@H](c4ccc(CO)cc4)O3)cc2)cc1. The number of nitrogens with zero attached hydrogens (tertiary/aromatic N) is 1. The smallest absolute Gasteiger partial charge is 0.242 e. The highest BCUT2D eigenvalue weighted by Gasteiger charge is 2.39. The third-order valence-corrected chi connectivity index (χ3v) is 11.5. The molecule has 1 aliphatic heterocycles. The van der Waals surface area contributed by atoms with E-state index >= 15 is 0 Å². The number of likely N-dealkylation sites (N-methyl/N-ethyl adjacent to an activating group) is 1. The predicted molar refractivity (Wildman–Crippen MR) is 214 cm³/mol. The molecule has 6 rings (SSSR count). The molecule has 0 aromatic heterocycles. The van der Waals surface area contributed by atoms with Crippen molar-refractivity contribution in [3.8, 4) is 5.75 Å². The van der Waals surface area contributed by atoms with Crippen molar-refractivity contribution in [1.29, 1.82) is 0 Å². The first-order valence-electron chi connectivity index (χ1n) is 18.6. The summed E-state index contributed by atoms with van der Waals surface area (Å²) in [5.74, 6) is -0.530. The number of nitrogens with one attached hydrogen (secondary N) is 2. The molecule has 0 aliphatic carbocycles. The zero-order valence-electron chi connectivity index (χ0n) is 31.7. The zero-order chi connectivity index (χ0) is 39.8. The molecule has 11 nitrogen and oxygen atoms in total. The third-order valence-electron chi connectivity index (χ3n) is 10.0. The Morgan fingerprint density at radius 3 is 2.18 bits per heavy atom. The second-order valence-corrected chi connectivity index (χ2v) is 16.2. The summed E-state index contributed by atoms with van der Waals surface area (Å²) >= 11 is 0. The van der Waals surface area contributed by atoms with Gasteiger partial charge in [0, 0.05) is 30.3 Å². The monoisotopic (exact) mass is 779 g/mol. The van der Waals surface area contributed by atoms with Crippen LogP contribution in [0.25, 0.3) is 0 Å². The van der Waals surface area contributed by atoms with Gasteiger partial charge in [-0.15, -0.1) is 0 Å². The average molecular weight is 780 g/mol. The molecule has 5 N–H and O–H groups in total. The normalized spacial score (nSPS) is 19.7. The topological polar surface area (TPSA) is 158 Å².